The van der Waals surface area contributed by atoms with E-state index in [1.54, 1.807) is 6.08 Å². The van der Waals surface area contributed by atoms with Crippen LogP contribution in [-0.4, -0.2) is 40.1 Å². The first-order valence-electron chi connectivity index (χ1n) is 4.12. The Balaban J connectivity index is 2.67. The van der Waals surface area contributed by atoms with E-state index in [0.29, 0.717) is 0 Å². The van der Waals surface area contributed by atoms with E-state index in [9.17, 15) is 9.59 Å². The highest BCUT2D eigenvalue weighted by atomic mass is 16.6. The summed E-state index contributed by atoms with van der Waals surface area (Å²) in [6.45, 7) is -0.0686. The third kappa shape index (κ3) is 3.08. The maximum Gasteiger partial charge on any atom is 0.411 e. The molecule has 0 unspecified atom stereocenters. The molecule has 0 spiro atoms. The van der Waals surface area contributed by atoms with Crippen LogP contribution in [-0.2, 0) is 9.63 Å². The van der Waals surface area contributed by atoms with Crippen LogP contribution in [0.15, 0.2) is 24.7 Å². The van der Waals surface area contributed by atoms with Crippen LogP contribution in [0, 0.1) is 0 Å². The molecule has 0 fully saturated rings. The second-order valence-electron chi connectivity index (χ2n) is 2.73. The van der Waals surface area contributed by atoms with E-state index in [1.807, 2.05) is 0 Å². The third-order valence-electron chi connectivity index (χ3n) is 1.72. The summed E-state index contributed by atoms with van der Waals surface area (Å²) >= 11 is 0. The molecule has 0 atom stereocenters. The van der Waals surface area contributed by atoms with Gasteiger partial charge in [0.2, 0.25) is 0 Å². The zero-order chi connectivity index (χ0) is 11.3. The molecule has 1 aliphatic heterocycles. The van der Waals surface area contributed by atoms with Gasteiger partial charge >= 0.3 is 6.09 Å². The molecule has 0 radical (unpaired) electrons. The van der Waals surface area contributed by atoms with E-state index in [0.717, 1.165) is 4.90 Å². The van der Waals surface area contributed by atoms with Gasteiger partial charge in [-0.25, -0.2) is 10.7 Å². The van der Waals surface area contributed by atoms with Gasteiger partial charge in [0.1, 0.15) is 6.61 Å². The summed E-state index contributed by atoms with van der Waals surface area (Å²) in [7, 11) is 0. The van der Waals surface area contributed by atoms with Crippen molar-refractivity contribution in [2.75, 3.05) is 13.2 Å². The van der Waals surface area contributed by atoms with Crippen molar-refractivity contribution in [2.45, 2.75) is 0 Å². The highest BCUT2D eigenvalue weighted by molar-refractivity contribution is 5.79. The number of carbonyl (C=O) groups is 2. The molecule has 7 heteroatoms. The number of hydrogen-bond donors (Lipinski definition) is 2. The summed E-state index contributed by atoms with van der Waals surface area (Å²) in [6, 6.07) is 0. The molecule has 1 heterocycles. The number of amides is 2. The fourth-order valence-electron chi connectivity index (χ4n) is 0.991. The van der Waals surface area contributed by atoms with Gasteiger partial charge in [0.25, 0.3) is 5.91 Å². The highest BCUT2D eigenvalue weighted by Gasteiger charge is 2.13. The number of nitrogens with two attached hydrogens (primary N) is 1. The zero-order valence-electron chi connectivity index (χ0n) is 7.87. The summed E-state index contributed by atoms with van der Waals surface area (Å²) in [5, 5.41) is 8.68. The van der Waals surface area contributed by atoms with Gasteiger partial charge in [-0.05, 0) is 6.08 Å². The van der Waals surface area contributed by atoms with Crippen molar-refractivity contribution in [3.63, 3.8) is 0 Å². The first-order valence-corrected chi connectivity index (χ1v) is 4.12. The molecule has 0 saturated carbocycles. The van der Waals surface area contributed by atoms with Crippen LogP contribution in [0.5, 0.6) is 0 Å². The standard InChI is InChI=1S/C8H11N3O4/c9-15-6-7(12)10-2-1-3-11(5-4-10)8(13)14/h1-2,4-5H,3,6,9H2,(H,13,14). The Morgan fingerprint density at radius 2 is 2.13 bits per heavy atom. The van der Waals surface area contributed by atoms with Crippen molar-refractivity contribution in [3.8, 4) is 0 Å². The molecule has 7 nitrogen and oxygen atoms in total. The lowest BCUT2D eigenvalue weighted by Crippen LogP contribution is -2.26. The van der Waals surface area contributed by atoms with Crippen LogP contribution >= 0.6 is 0 Å². The summed E-state index contributed by atoms with van der Waals surface area (Å²) in [5.74, 6) is 4.37. The van der Waals surface area contributed by atoms with Gasteiger partial charge in [-0.15, -0.1) is 0 Å². The molecule has 0 aromatic carbocycles. The van der Waals surface area contributed by atoms with Crippen LogP contribution < -0.4 is 5.90 Å². The van der Waals surface area contributed by atoms with E-state index < -0.39 is 6.09 Å². The largest absolute Gasteiger partial charge is 0.465 e. The summed E-state index contributed by atoms with van der Waals surface area (Å²) < 4.78 is 0. The number of carbonyl (C=O) groups excluding carboxylic acids is 1. The lowest BCUT2D eigenvalue weighted by molar-refractivity contribution is -0.131. The van der Waals surface area contributed by atoms with E-state index in [2.05, 4.69) is 4.84 Å². The molecule has 0 bridgehead atoms. The Morgan fingerprint density at radius 1 is 1.40 bits per heavy atom. The predicted octanol–water partition coefficient (Wildman–Crippen LogP) is -0.316. The van der Waals surface area contributed by atoms with Crippen LogP contribution in [0.1, 0.15) is 0 Å². The molecule has 1 rings (SSSR count). The van der Waals surface area contributed by atoms with Crippen LogP contribution in [0.3, 0.4) is 0 Å². The molecule has 0 saturated heterocycles. The average Bonchev–Trinajstić information content (AvgIpc) is 2.43. The van der Waals surface area contributed by atoms with Gasteiger partial charge in [-0.2, -0.15) is 0 Å². The summed E-state index contributed by atoms with van der Waals surface area (Å²) in [4.78, 5) is 28.3. The van der Waals surface area contributed by atoms with E-state index >= 15 is 0 Å². The molecule has 0 aliphatic carbocycles. The van der Waals surface area contributed by atoms with Gasteiger partial charge in [-0.3, -0.25) is 19.4 Å². The molecular formula is C8H11N3O4. The fraction of sp³-hybridized carbons (Fsp3) is 0.250. The maximum atomic E-state index is 11.3. The number of rotatable bonds is 2. The SMILES string of the molecule is NOCC(=O)N1C=CCN(C(=O)O)C=C1. The topological polar surface area (TPSA) is 96.1 Å². The second kappa shape index (κ2) is 5.13. The van der Waals surface area contributed by atoms with Crippen molar-refractivity contribution < 1.29 is 19.5 Å². The van der Waals surface area contributed by atoms with Gasteiger partial charge in [0, 0.05) is 25.1 Å². The number of hydrogen-bond acceptors (Lipinski definition) is 4. The normalized spacial score (nSPS) is 15.3. The maximum absolute atomic E-state index is 11.3. The average molecular weight is 213 g/mol. The van der Waals surface area contributed by atoms with Crippen LogP contribution in [0.4, 0.5) is 4.79 Å². The number of carboxylic acid groups (broad SMARTS) is 1. The second-order valence-corrected chi connectivity index (χ2v) is 2.73. The van der Waals surface area contributed by atoms with Crippen LogP contribution in [0.25, 0.3) is 0 Å². The fourth-order valence-corrected chi connectivity index (χ4v) is 0.991. The van der Waals surface area contributed by atoms with Gasteiger partial charge < -0.3 is 5.11 Å². The molecule has 15 heavy (non-hydrogen) atoms. The molecule has 0 aromatic heterocycles. The van der Waals surface area contributed by atoms with E-state index in [4.69, 9.17) is 11.0 Å². The monoisotopic (exact) mass is 213 g/mol. The zero-order valence-corrected chi connectivity index (χ0v) is 7.87. The quantitative estimate of drug-likeness (QED) is 0.613. The molecule has 3 N–H and O–H groups in total. The minimum Gasteiger partial charge on any atom is -0.465 e. The minimum atomic E-state index is -1.08. The molecular weight excluding hydrogens is 202 g/mol. The van der Waals surface area contributed by atoms with E-state index in [-0.39, 0.29) is 19.1 Å². The summed E-state index contributed by atoms with van der Waals surface area (Å²) in [5.41, 5.74) is 0. The predicted molar refractivity (Wildman–Crippen MR) is 50.0 cm³/mol. The lowest BCUT2D eigenvalue weighted by atomic mass is 10.5. The number of nitrogens with zero attached hydrogens (tertiary/aromatic N) is 2. The Labute approximate surface area is 86.0 Å². The Hall–Kier alpha value is -1.86. The minimum absolute atomic E-state index is 0.194. The van der Waals surface area contributed by atoms with Crippen LogP contribution in [0.2, 0.25) is 0 Å². The summed E-state index contributed by atoms with van der Waals surface area (Å²) in [6.07, 6.45) is 4.54. The first kappa shape index (κ1) is 11.2. The smallest absolute Gasteiger partial charge is 0.411 e. The van der Waals surface area contributed by atoms with Crippen molar-refractivity contribution in [1.29, 1.82) is 0 Å². The molecule has 2 amide bonds. The van der Waals surface area contributed by atoms with Gasteiger partial charge in [-0.1, -0.05) is 0 Å². The molecule has 82 valence electrons. The van der Waals surface area contributed by atoms with Crippen molar-refractivity contribution in [3.05, 3.63) is 24.7 Å². The van der Waals surface area contributed by atoms with Crippen molar-refractivity contribution >= 4 is 12.0 Å². The Bertz CT molecular complexity index is 313. The van der Waals surface area contributed by atoms with Gasteiger partial charge in [0.05, 0.1) is 0 Å². The van der Waals surface area contributed by atoms with Crippen molar-refractivity contribution in [2.24, 2.45) is 5.90 Å². The van der Waals surface area contributed by atoms with Gasteiger partial charge in [0.15, 0.2) is 0 Å². The van der Waals surface area contributed by atoms with Crippen molar-refractivity contribution in [1.82, 2.24) is 9.80 Å². The first-order chi connectivity index (χ1) is 7.15. The Morgan fingerprint density at radius 3 is 2.73 bits per heavy atom. The Kier molecular flexibility index (Phi) is 3.83. The van der Waals surface area contributed by atoms with E-state index in [1.165, 1.54) is 23.5 Å². The third-order valence-corrected chi connectivity index (χ3v) is 1.72. The highest BCUT2D eigenvalue weighted by Crippen LogP contribution is 2.02. The lowest BCUT2D eigenvalue weighted by Gasteiger charge is -2.11. The molecule has 0 aromatic rings. The molecule has 1 aliphatic rings.